The number of carbonyl (C=O) groups is 1. The quantitative estimate of drug-likeness (QED) is 0.930. The number of aromatic amines is 1. The highest BCUT2D eigenvalue weighted by Crippen LogP contribution is 2.33. The van der Waals surface area contributed by atoms with Crippen LogP contribution in [0.5, 0.6) is 0 Å². The van der Waals surface area contributed by atoms with E-state index in [1.54, 1.807) is 17.7 Å². The van der Waals surface area contributed by atoms with Crippen molar-refractivity contribution in [3.8, 4) is 0 Å². The van der Waals surface area contributed by atoms with Gasteiger partial charge in [0, 0.05) is 62.0 Å². The van der Waals surface area contributed by atoms with Crippen LogP contribution >= 0.6 is 11.3 Å². The monoisotopic (exact) mass is 331 g/mol. The van der Waals surface area contributed by atoms with Crippen molar-refractivity contribution in [3.63, 3.8) is 0 Å². The first-order valence-electron chi connectivity index (χ1n) is 8.22. The lowest BCUT2D eigenvalue weighted by atomic mass is 9.83. The van der Waals surface area contributed by atoms with Crippen molar-refractivity contribution < 1.29 is 4.79 Å². The molecule has 2 aliphatic heterocycles. The van der Waals surface area contributed by atoms with Crippen LogP contribution in [0.15, 0.2) is 24.1 Å². The second-order valence-corrected chi connectivity index (χ2v) is 7.20. The first kappa shape index (κ1) is 14.7. The van der Waals surface area contributed by atoms with Gasteiger partial charge in [-0.1, -0.05) is 0 Å². The standard InChI is InChI=1S/C16H21N5OS/c22-15-2-1-12-10-20(16-18-5-8-23-16)6-4-14(12)21(15)7-3-13-9-17-11-19-13/h5,8-9,11-12,14H,1-4,6-7,10H2,(H,17,19)/t12-,14+/m1/s1. The molecule has 1 N–H and O–H groups in total. The Balaban J connectivity index is 1.43. The van der Waals surface area contributed by atoms with Crippen molar-refractivity contribution in [2.45, 2.75) is 31.7 Å². The highest BCUT2D eigenvalue weighted by Gasteiger charge is 2.39. The predicted octanol–water partition coefficient (Wildman–Crippen LogP) is 1.93. The summed E-state index contributed by atoms with van der Waals surface area (Å²) in [6, 6.07) is 0.385. The highest BCUT2D eigenvalue weighted by atomic mass is 32.1. The minimum Gasteiger partial charge on any atom is -0.348 e. The highest BCUT2D eigenvalue weighted by molar-refractivity contribution is 7.13. The molecule has 2 aromatic heterocycles. The van der Waals surface area contributed by atoms with Crippen LogP contribution in [0, 0.1) is 5.92 Å². The van der Waals surface area contributed by atoms with Crippen LogP contribution in [0.2, 0.25) is 0 Å². The number of hydrogen-bond acceptors (Lipinski definition) is 5. The average molecular weight is 331 g/mol. The minimum atomic E-state index is 0.313. The molecule has 7 heteroatoms. The Morgan fingerprint density at radius 3 is 3.13 bits per heavy atom. The van der Waals surface area contributed by atoms with Gasteiger partial charge in [-0.3, -0.25) is 4.79 Å². The summed E-state index contributed by atoms with van der Waals surface area (Å²) in [5, 5.41) is 3.15. The van der Waals surface area contributed by atoms with E-state index in [0.717, 1.165) is 49.7 Å². The Labute approximate surface area is 139 Å². The van der Waals surface area contributed by atoms with Gasteiger partial charge >= 0.3 is 0 Å². The third-order valence-electron chi connectivity index (χ3n) is 5.01. The van der Waals surface area contributed by atoms with Crippen LogP contribution < -0.4 is 4.90 Å². The molecule has 4 rings (SSSR count). The number of likely N-dealkylation sites (tertiary alicyclic amines) is 1. The van der Waals surface area contributed by atoms with E-state index in [9.17, 15) is 4.79 Å². The number of fused-ring (bicyclic) bond motifs is 1. The summed E-state index contributed by atoms with van der Waals surface area (Å²) in [5.74, 6) is 0.876. The molecule has 6 nitrogen and oxygen atoms in total. The van der Waals surface area contributed by atoms with Gasteiger partial charge in [0.2, 0.25) is 5.91 Å². The SMILES string of the molecule is O=C1CC[C@@H]2CN(c3nccs3)CC[C@@H]2N1CCc1cnc[nH]1. The van der Waals surface area contributed by atoms with Gasteiger partial charge in [-0.25, -0.2) is 9.97 Å². The van der Waals surface area contributed by atoms with Gasteiger partial charge in [-0.2, -0.15) is 0 Å². The molecule has 0 unspecified atom stereocenters. The topological polar surface area (TPSA) is 65.1 Å². The molecule has 2 fully saturated rings. The molecule has 2 aliphatic rings. The van der Waals surface area contributed by atoms with E-state index < -0.39 is 0 Å². The van der Waals surface area contributed by atoms with Gasteiger partial charge in [0.15, 0.2) is 5.13 Å². The summed E-state index contributed by atoms with van der Waals surface area (Å²) in [6.45, 7) is 2.80. The molecule has 1 amide bonds. The average Bonchev–Trinajstić information content (AvgIpc) is 3.27. The molecule has 2 saturated heterocycles. The smallest absolute Gasteiger partial charge is 0.222 e. The Bertz CT molecular complexity index is 641. The van der Waals surface area contributed by atoms with Gasteiger partial charge in [-0.05, 0) is 18.8 Å². The first-order chi connectivity index (χ1) is 11.3. The fraction of sp³-hybridized carbons (Fsp3) is 0.562. The number of carbonyl (C=O) groups excluding carboxylic acids is 1. The fourth-order valence-electron chi connectivity index (χ4n) is 3.85. The largest absolute Gasteiger partial charge is 0.348 e. The molecule has 2 atom stereocenters. The van der Waals surface area contributed by atoms with Crippen LogP contribution in [-0.4, -0.2) is 51.4 Å². The third kappa shape index (κ3) is 2.97. The molecule has 2 aromatic rings. The number of amides is 1. The molecule has 0 saturated carbocycles. The van der Waals surface area contributed by atoms with Crippen molar-refractivity contribution in [1.82, 2.24) is 19.9 Å². The van der Waals surface area contributed by atoms with E-state index in [-0.39, 0.29) is 0 Å². The maximum atomic E-state index is 12.4. The van der Waals surface area contributed by atoms with Gasteiger partial charge in [-0.15, -0.1) is 11.3 Å². The molecule has 0 aromatic carbocycles. The summed E-state index contributed by atoms with van der Waals surface area (Å²) in [7, 11) is 0. The molecule has 0 spiro atoms. The van der Waals surface area contributed by atoms with Gasteiger partial charge in [0.1, 0.15) is 0 Å². The molecule has 23 heavy (non-hydrogen) atoms. The zero-order chi connectivity index (χ0) is 15.6. The van der Waals surface area contributed by atoms with E-state index in [2.05, 4.69) is 24.8 Å². The van der Waals surface area contributed by atoms with E-state index in [1.165, 1.54) is 0 Å². The summed E-state index contributed by atoms with van der Waals surface area (Å²) in [5.41, 5.74) is 1.10. The molecule has 122 valence electrons. The van der Waals surface area contributed by atoms with Crippen LogP contribution in [0.25, 0.3) is 0 Å². The van der Waals surface area contributed by atoms with Gasteiger partial charge in [0.25, 0.3) is 0 Å². The van der Waals surface area contributed by atoms with E-state index in [1.807, 2.05) is 17.8 Å². The van der Waals surface area contributed by atoms with Crippen LogP contribution in [0.4, 0.5) is 5.13 Å². The molecular weight excluding hydrogens is 310 g/mol. The third-order valence-corrected chi connectivity index (χ3v) is 5.84. The zero-order valence-electron chi connectivity index (χ0n) is 13.0. The van der Waals surface area contributed by atoms with Gasteiger partial charge < -0.3 is 14.8 Å². The number of nitrogens with zero attached hydrogens (tertiary/aromatic N) is 4. The number of hydrogen-bond donors (Lipinski definition) is 1. The Kier molecular flexibility index (Phi) is 4.03. The van der Waals surface area contributed by atoms with Crippen molar-refractivity contribution in [2.24, 2.45) is 5.92 Å². The lowest BCUT2D eigenvalue weighted by Crippen LogP contribution is -2.56. The number of aromatic nitrogens is 3. The first-order valence-corrected chi connectivity index (χ1v) is 9.10. The molecule has 0 aliphatic carbocycles. The van der Waals surface area contributed by atoms with Crippen LogP contribution in [0.3, 0.4) is 0 Å². The number of imidazole rings is 1. The maximum Gasteiger partial charge on any atom is 0.222 e. The zero-order valence-corrected chi connectivity index (χ0v) is 13.8. The maximum absolute atomic E-state index is 12.4. The van der Waals surface area contributed by atoms with Crippen molar-refractivity contribution in [2.75, 3.05) is 24.5 Å². The van der Waals surface area contributed by atoms with E-state index in [4.69, 9.17) is 0 Å². The Hall–Kier alpha value is -1.89. The number of piperidine rings is 2. The van der Waals surface area contributed by atoms with E-state index in [0.29, 0.717) is 24.3 Å². The lowest BCUT2D eigenvalue weighted by Gasteiger charge is -2.47. The normalized spacial score (nSPS) is 24.8. The Morgan fingerprint density at radius 2 is 2.35 bits per heavy atom. The van der Waals surface area contributed by atoms with Crippen LogP contribution in [-0.2, 0) is 11.2 Å². The Morgan fingerprint density at radius 1 is 1.39 bits per heavy atom. The summed E-state index contributed by atoms with van der Waals surface area (Å²) >= 11 is 1.70. The van der Waals surface area contributed by atoms with Crippen molar-refractivity contribution >= 4 is 22.4 Å². The molecule has 0 bridgehead atoms. The van der Waals surface area contributed by atoms with E-state index >= 15 is 0 Å². The molecular formula is C16H21N5OS. The van der Waals surface area contributed by atoms with Gasteiger partial charge in [0.05, 0.1) is 6.33 Å². The fourth-order valence-corrected chi connectivity index (χ4v) is 4.53. The second kappa shape index (κ2) is 6.31. The van der Waals surface area contributed by atoms with Crippen LogP contribution in [0.1, 0.15) is 25.0 Å². The van der Waals surface area contributed by atoms with Crippen molar-refractivity contribution in [3.05, 3.63) is 29.8 Å². The molecule has 4 heterocycles. The predicted molar refractivity (Wildman–Crippen MR) is 89.5 cm³/mol. The summed E-state index contributed by atoms with van der Waals surface area (Å²) in [6.07, 6.45) is 8.98. The second-order valence-electron chi connectivity index (χ2n) is 6.33. The number of rotatable bonds is 4. The molecule has 0 radical (unpaired) electrons. The summed E-state index contributed by atoms with van der Waals surface area (Å²) in [4.78, 5) is 28.5. The summed E-state index contributed by atoms with van der Waals surface area (Å²) < 4.78 is 0. The number of anilines is 1. The number of nitrogens with one attached hydrogen (secondary N) is 1. The van der Waals surface area contributed by atoms with Crippen molar-refractivity contribution in [1.29, 1.82) is 0 Å². The number of thiazole rings is 1. The minimum absolute atomic E-state index is 0.313. The number of H-pyrrole nitrogens is 1. The lowest BCUT2D eigenvalue weighted by molar-refractivity contribution is -0.139.